The number of benzene rings is 2. The maximum atomic E-state index is 12.6. The number of nitrogens with one attached hydrogen (secondary N) is 1. The highest BCUT2D eigenvalue weighted by molar-refractivity contribution is 6.04. The predicted molar refractivity (Wildman–Crippen MR) is 107 cm³/mol. The lowest BCUT2D eigenvalue weighted by molar-refractivity contribution is 0.0988. The Morgan fingerprint density at radius 1 is 0.808 bits per heavy atom. The number of amides is 1. The van der Waals surface area contributed by atoms with Crippen LogP contribution in [0.25, 0.3) is 0 Å². The minimum absolute atomic E-state index is 0.141. The summed E-state index contributed by atoms with van der Waals surface area (Å²) in [6.45, 7) is 0. The molecule has 5 nitrogen and oxygen atoms in total. The number of nitrogens with zero attached hydrogens (tertiary/aromatic N) is 3. The van der Waals surface area contributed by atoms with E-state index in [0.717, 1.165) is 22.7 Å². The van der Waals surface area contributed by atoms with Gasteiger partial charge < -0.3 is 15.1 Å². The lowest BCUT2D eigenvalue weighted by atomic mass is 10.2. The van der Waals surface area contributed by atoms with Gasteiger partial charge in [0.15, 0.2) is 0 Å². The molecular formula is C21H22N4O. The van der Waals surface area contributed by atoms with Crippen molar-refractivity contribution in [3.8, 4) is 0 Å². The van der Waals surface area contributed by atoms with E-state index in [2.05, 4.69) is 15.2 Å². The monoisotopic (exact) mass is 346 g/mol. The smallest absolute Gasteiger partial charge is 0.276 e. The topological polar surface area (TPSA) is 48.5 Å². The molecule has 0 aliphatic carbocycles. The van der Waals surface area contributed by atoms with E-state index >= 15 is 0 Å². The summed E-state index contributed by atoms with van der Waals surface area (Å²) >= 11 is 0. The zero-order valence-corrected chi connectivity index (χ0v) is 15.2. The first-order chi connectivity index (χ1) is 12.5. The van der Waals surface area contributed by atoms with Gasteiger partial charge >= 0.3 is 0 Å². The molecule has 0 bridgehead atoms. The first-order valence-corrected chi connectivity index (χ1v) is 8.38. The van der Waals surface area contributed by atoms with Crippen LogP contribution in [0, 0.1) is 0 Å². The third kappa shape index (κ3) is 4.00. The van der Waals surface area contributed by atoms with Crippen molar-refractivity contribution >= 4 is 28.7 Å². The lowest BCUT2D eigenvalue weighted by Crippen LogP contribution is -2.26. The van der Waals surface area contributed by atoms with Crippen molar-refractivity contribution in [3.63, 3.8) is 0 Å². The fraction of sp³-hybridized carbons (Fsp3) is 0.143. The van der Waals surface area contributed by atoms with Gasteiger partial charge in [-0.25, -0.2) is 4.98 Å². The molecule has 0 aliphatic heterocycles. The summed E-state index contributed by atoms with van der Waals surface area (Å²) < 4.78 is 0. The third-order valence-corrected chi connectivity index (χ3v) is 4.10. The van der Waals surface area contributed by atoms with E-state index in [0.29, 0.717) is 5.69 Å². The number of anilines is 4. The van der Waals surface area contributed by atoms with E-state index in [-0.39, 0.29) is 5.91 Å². The van der Waals surface area contributed by atoms with Gasteiger partial charge in [0.25, 0.3) is 5.91 Å². The highest BCUT2D eigenvalue weighted by atomic mass is 16.2. The Bertz CT molecular complexity index is 859. The average molecular weight is 346 g/mol. The van der Waals surface area contributed by atoms with Gasteiger partial charge in [-0.2, -0.15) is 0 Å². The van der Waals surface area contributed by atoms with Gasteiger partial charge in [-0.1, -0.05) is 18.2 Å². The van der Waals surface area contributed by atoms with Crippen LogP contribution < -0.4 is 15.1 Å². The van der Waals surface area contributed by atoms with Gasteiger partial charge in [0.1, 0.15) is 5.69 Å². The van der Waals surface area contributed by atoms with Crippen molar-refractivity contribution in [3.05, 3.63) is 78.6 Å². The molecule has 0 saturated carbocycles. The standard InChI is InChI=1S/C21H22N4O/c1-24(2)18-12-9-16(10-13-18)23-17-11-14-20(22-15-17)21(26)25(3)19-7-5-4-6-8-19/h4-15,23H,1-3H3. The van der Waals surface area contributed by atoms with Crippen LogP contribution in [0.2, 0.25) is 0 Å². The number of para-hydroxylation sites is 1. The van der Waals surface area contributed by atoms with Crippen LogP contribution in [0.1, 0.15) is 10.5 Å². The number of hydrogen-bond acceptors (Lipinski definition) is 4. The van der Waals surface area contributed by atoms with E-state index in [4.69, 9.17) is 0 Å². The summed E-state index contributed by atoms with van der Waals surface area (Å²) in [5, 5.41) is 3.29. The molecule has 2 aromatic carbocycles. The molecule has 0 fully saturated rings. The van der Waals surface area contributed by atoms with Crippen LogP contribution >= 0.6 is 0 Å². The van der Waals surface area contributed by atoms with Gasteiger partial charge in [0, 0.05) is 38.2 Å². The maximum Gasteiger partial charge on any atom is 0.276 e. The number of hydrogen-bond donors (Lipinski definition) is 1. The van der Waals surface area contributed by atoms with Crippen LogP contribution in [0.15, 0.2) is 72.9 Å². The van der Waals surface area contributed by atoms with E-state index in [1.165, 1.54) is 0 Å². The Balaban J connectivity index is 1.69. The van der Waals surface area contributed by atoms with Crippen LogP contribution in [0.4, 0.5) is 22.7 Å². The molecular weight excluding hydrogens is 324 g/mol. The molecule has 0 aliphatic rings. The summed E-state index contributed by atoms with van der Waals surface area (Å²) in [5.41, 5.74) is 4.19. The molecule has 0 atom stereocenters. The molecule has 1 N–H and O–H groups in total. The molecule has 1 aromatic heterocycles. The Morgan fingerprint density at radius 3 is 2.04 bits per heavy atom. The molecule has 3 rings (SSSR count). The summed E-state index contributed by atoms with van der Waals surface area (Å²) in [6, 6.07) is 21.2. The third-order valence-electron chi connectivity index (χ3n) is 4.10. The highest BCUT2D eigenvalue weighted by Crippen LogP contribution is 2.20. The van der Waals surface area contributed by atoms with Crippen LogP contribution in [0.5, 0.6) is 0 Å². The Kier molecular flexibility index (Phi) is 5.17. The molecule has 1 heterocycles. The Labute approximate surface area is 153 Å². The fourth-order valence-corrected chi connectivity index (χ4v) is 2.54. The molecule has 0 radical (unpaired) electrons. The number of rotatable bonds is 5. The van der Waals surface area contributed by atoms with E-state index < -0.39 is 0 Å². The summed E-state index contributed by atoms with van der Waals surface area (Å²) in [6.07, 6.45) is 1.67. The number of aromatic nitrogens is 1. The molecule has 3 aromatic rings. The summed E-state index contributed by atoms with van der Waals surface area (Å²) in [7, 11) is 5.76. The molecule has 0 spiro atoms. The van der Waals surface area contributed by atoms with Gasteiger partial charge in [-0.15, -0.1) is 0 Å². The second-order valence-electron chi connectivity index (χ2n) is 6.20. The van der Waals surface area contributed by atoms with Crippen molar-refractivity contribution in [1.29, 1.82) is 0 Å². The molecule has 1 amide bonds. The second kappa shape index (κ2) is 7.70. The average Bonchev–Trinajstić information content (AvgIpc) is 2.68. The molecule has 5 heteroatoms. The number of carbonyl (C=O) groups excluding carboxylic acids is 1. The van der Waals surface area contributed by atoms with Gasteiger partial charge in [0.2, 0.25) is 0 Å². The first-order valence-electron chi connectivity index (χ1n) is 8.38. The van der Waals surface area contributed by atoms with Crippen molar-refractivity contribution < 1.29 is 4.79 Å². The fourth-order valence-electron chi connectivity index (χ4n) is 2.54. The molecule has 0 unspecified atom stereocenters. The van der Waals surface area contributed by atoms with Crippen molar-refractivity contribution in [2.45, 2.75) is 0 Å². The van der Waals surface area contributed by atoms with Gasteiger partial charge in [-0.05, 0) is 48.5 Å². The van der Waals surface area contributed by atoms with Crippen molar-refractivity contribution in [2.24, 2.45) is 0 Å². The van der Waals surface area contributed by atoms with Gasteiger partial charge in [0.05, 0.1) is 11.9 Å². The quantitative estimate of drug-likeness (QED) is 0.753. The Hall–Kier alpha value is -3.34. The Morgan fingerprint density at radius 2 is 1.46 bits per heavy atom. The largest absolute Gasteiger partial charge is 0.378 e. The minimum atomic E-state index is -0.141. The molecule has 26 heavy (non-hydrogen) atoms. The normalized spacial score (nSPS) is 10.3. The SMILES string of the molecule is CN(C)c1ccc(Nc2ccc(C(=O)N(C)c3ccccc3)nc2)cc1. The molecule has 132 valence electrons. The zero-order valence-electron chi connectivity index (χ0n) is 15.2. The number of carbonyl (C=O) groups is 1. The van der Waals surface area contributed by atoms with Crippen molar-refractivity contribution in [1.82, 2.24) is 4.98 Å². The highest BCUT2D eigenvalue weighted by Gasteiger charge is 2.14. The molecule has 0 saturated heterocycles. The van der Waals surface area contributed by atoms with Crippen molar-refractivity contribution in [2.75, 3.05) is 36.3 Å². The summed E-state index contributed by atoms with van der Waals surface area (Å²) in [5.74, 6) is -0.141. The maximum absolute atomic E-state index is 12.6. The minimum Gasteiger partial charge on any atom is -0.378 e. The number of pyridine rings is 1. The van der Waals surface area contributed by atoms with Crippen LogP contribution in [-0.2, 0) is 0 Å². The summed E-state index contributed by atoms with van der Waals surface area (Å²) in [4.78, 5) is 20.5. The van der Waals surface area contributed by atoms with E-state index in [9.17, 15) is 4.79 Å². The lowest BCUT2D eigenvalue weighted by Gasteiger charge is -2.17. The van der Waals surface area contributed by atoms with Crippen LogP contribution in [-0.4, -0.2) is 32.0 Å². The predicted octanol–water partition coefficient (Wildman–Crippen LogP) is 4.17. The van der Waals surface area contributed by atoms with Gasteiger partial charge in [-0.3, -0.25) is 4.79 Å². The van der Waals surface area contributed by atoms with E-state index in [1.807, 2.05) is 74.8 Å². The van der Waals surface area contributed by atoms with Crippen LogP contribution in [0.3, 0.4) is 0 Å². The van der Waals surface area contributed by atoms with E-state index in [1.54, 1.807) is 24.2 Å². The zero-order chi connectivity index (χ0) is 18.5. The second-order valence-corrected chi connectivity index (χ2v) is 6.20. The first kappa shape index (κ1) is 17.5.